The molecule has 1 N–H and O–H groups in total. The average Bonchev–Trinajstić information content (AvgIpc) is 2.19. The van der Waals surface area contributed by atoms with Crippen molar-refractivity contribution in [3.8, 4) is 0 Å². The summed E-state index contributed by atoms with van der Waals surface area (Å²) in [7, 11) is 2.01. The molecule has 0 saturated heterocycles. The van der Waals surface area contributed by atoms with Gasteiger partial charge in [0, 0.05) is 16.9 Å². The predicted octanol–water partition coefficient (Wildman–Crippen LogP) is 3.30. The summed E-state index contributed by atoms with van der Waals surface area (Å²) < 4.78 is 0. The zero-order chi connectivity index (χ0) is 11.3. The van der Waals surface area contributed by atoms with Crippen LogP contribution in [0.3, 0.4) is 0 Å². The minimum atomic E-state index is 0.207. The van der Waals surface area contributed by atoms with E-state index in [1.165, 1.54) is 10.5 Å². The summed E-state index contributed by atoms with van der Waals surface area (Å²) in [6.07, 6.45) is 0. The summed E-state index contributed by atoms with van der Waals surface area (Å²) in [6.45, 7) is 7.75. The Labute approximate surface area is 97.7 Å². The summed E-state index contributed by atoms with van der Waals surface area (Å²) in [5, 5.41) is 3.25. The fourth-order valence-corrected chi connectivity index (χ4v) is 2.44. The number of hydrogen-bond acceptors (Lipinski definition) is 2. The quantitative estimate of drug-likeness (QED) is 0.769. The van der Waals surface area contributed by atoms with Crippen molar-refractivity contribution < 1.29 is 0 Å². The molecule has 0 aromatic heterocycles. The highest BCUT2D eigenvalue weighted by Gasteiger charge is 2.19. The molecule has 0 heterocycles. The van der Waals surface area contributed by atoms with E-state index in [4.69, 9.17) is 0 Å². The number of thioether (sulfide) groups is 1. The van der Waals surface area contributed by atoms with E-state index in [1.807, 2.05) is 18.8 Å². The topological polar surface area (TPSA) is 12.0 Å². The van der Waals surface area contributed by atoms with Gasteiger partial charge in [-0.1, -0.05) is 32.9 Å². The van der Waals surface area contributed by atoms with Crippen molar-refractivity contribution in [1.29, 1.82) is 0 Å². The second kappa shape index (κ2) is 5.57. The number of nitrogens with one attached hydrogen (secondary N) is 1. The number of hydrogen-bond donors (Lipinski definition) is 1. The van der Waals surface area contributed by atoms with Gasteiger partial charge in [0.15, 0.2) is 0 Å². The fourth-order valence-electron chi connectivity index (χ4n) is 1.72. The largest absolute Gasteiger partial charge is 0.319 e. The minimum Gasteiger partial charge on any atom is -0.319 e. The molecule has 0 aliphatic heterocycles. The zero-order valence-corrected chi connectivity index (χ0v) is 10.9. The lowest BCUT2D eigenvalue weighted by Gasteiger charge is -2.25. The van der Waals surface area contributed by atoms with Crippen molar-refractivity contribution in [1.82, 2.24) is 5.32 Å². The molecule has 84 valence electrons. The molecule has 0 fully saturated rings. The molecule has 0 atom stereocenters. The molecule has 1 aromatic carbocycles. The predicted molar refractivity (Wildman–Crippen MR) is 69.8 cm³/mol. The van der Waals surface area contributed by atoms with Crippen molar-refractivity contribution in [2.45, 2.75) is 31.1 Å². The van der Waals surface area contributed by atoms with Crippen molar-refractivity contribution in [3.05, 3.63) is 29.8 Å². The molecule has 0 unspecified atom stereocenters. The smallest absolute Gasteiger partial charge is 0.00747 e. The van der Waals surface area contributed by atoms with E-state index in [0.29, 0.717) is 0 Å². The maximum absolute atomic E-state index is 3.25. The molecule has 0 amide bonds. The van der Waals surface area contributed by atoms with Gasteiger partial charge in [-0.05, 0) is 30.5 Å². The summed E-state index contributed by atoms with van der Waals surface area (Å²) in [5.74, 6) is 1.13. The van der Waals surface area contributed by atoms with Crippen molar-refractivity contribution in [2.24, 2.45) is 0 Å². The molecule has 1 aromatic rings. The van der Waals surface area contributed by atoms with Crippen LogP contribution in [0.2, 0.25) is 0 Å². The van der Waals surface area contributed by atoms with Crippen molar-refractivity contribution in [3.63, 3.8) is 0 Å². The summed E-state index contributed by atoms with van der Waals surface area (Å²) in [4.78, 5) is 1.37. The maximum atomic E-state index is 3.25. The van der Waals surface area contributed by atoms with Crippen LogP contribution in [0.4, 0.5) is 0 Å². The Bertz CT molecular complexity index is 307. The zero-order valence-electron chi connectivity index (χ0n) is 10.1. The first kappa shape index (κ1) is 12.6. The highest BCUT2D eigenvalue weighted by Crippen LogP contribution is 2.26. The normalized spacial score (nSPS) is 11.7. The van der Waals surface area contributed by atoms with Gasteiger partial charge in [0.1, 0.15) is 0 Å². The Morgan fingerprint density at radius 2 is 2.07 bits per heavy atom. The molecule has 0 aliphatic rings. The molecule has 0 saturated carbocycles. The van der Waals surface area contributed by atoms with Crippen LogP contribution in [0, 0.1) is 0 Å². The fraction of sp³-hybridized carbons (Fsp3) is 0.538. The van der Waals surface area contributed by atoms with Gasteiger partial charge in [-0.15, -0.1) is 11.8 Å². The summed E-state index contributed by atoms with van der Waals surface area (Å²) in [5.41, 5.74) is 1.62. The molecule has 0 aliphatic carbocycles. The second-order valence-corrected chi connectivity index (χ2v) is 5.71. The maximum Gasteiger partial charge on any atom is 0.00747 e. The van der Waals surface area contributed by atoms with Gasteiger partial charge in [0.25, 0.3) is 0 Å². The molecule has 0 radical (unpaired) electrons. The lowest BCUT2D eigenvalue weighted by Crippen LogP contribution is -2.30. The highest BCUT2D eigenvalue weighted by molar-refractivity contribution is 7.99. The van der Waals surface area contributed by atoms with E-state index in [-0.39, 0.29) is 5.41 Å². The van der Waals surface area contributed by atoms with Gasteiger partial charge in [-0.2, -0.15) is 0 Å². The molecule has 0 bridgehead atoms. The molecular formula is C13H21NS. The van der Waals surface area contributed by atoms with E-state index in [1.54, 1.807) is 0 Å². The Morgan fingerprint density at radius 1 is 1.33 bits per heavy atom. The molecular weight excluding hydrogens is 202 g/mol. The monoisotopic (exact) mass is 223 g/mol. The molecule has 1 rings (SSSR count). The van der Waals surface area contributed by atoms with Crippen molar-refractivity contribution in [2.75, 3.05) is 19.3 Å². The van der Waals surface area contributed by atoms with Crippen LogP contribution < -0.4 is 5.32 Å². The third kappa shape index (κ3) is 3.54. The average molecular weight is 223 g/mol. The Balaban J connectivity index is 2.88. The van der Waals surface area contributed by atoms with Gasteiger partial charge >= 0.3 is 0 Å². The third-order valence-electron chi connectivity index (χ3n) is 2.55. The molecule has 15 heavy (non-hydrogen) atoms. The van der Waals surface area contributed by atoms with Crippen molar-refractivity contribution >= 4 is 11.8 Å². The van der Waals surface area contributed by atoms with Gasteiger partial charge in [0.05, 0.1) is 0 Å². The first-order valence-electron chi connectivity index (χ1n) is 5.48. The van der Waals surface area contributed by atoms with E-state index in [9.17, 15) is 0 Å². The minimum absolute atomic E-state index is 0.207. The third-order valence-corrected chi connectivity index (χ3v) is 3.42. The SMILES string of the molecule is CCSc1cccc(C(C)(C)CNC)c1. The molecule has 2 heteroatoms. The number of benzene rings is 1. The van der Waals surface area contributed by atoms with Crippen LogP contribution in [-0.2, 0) is 5.41 Å². The molecule has 0 spiro atoms. The van der Waals surface area contributed by atoms with E-state index in [2.05, 4.69) is 50.4 Å². The van der Waals surface area contributed by atoms with E-state index < -0.39 is 0 Å². The number of rotatable bonds is 5. The van der Waals surface area contributed by atoms with Gasteiger partial charge < -0.3 is 5.32 Å². The van der Waals surface area contributed by atoms with Crippen LogP contribution in [-0.4, -0.2) is 19.3 Å². The Morgan fingerprint density at radius 3 is 2.67 bits per heavy atom. The standard InChI is InChI=1S/C13H21NS/c1-5-15-12-8-6-7-11(9-12)13(2,3)10-14-4/h6-9,14H,5,10H2,1-4H3. The van der Waals surface area contributed by atoms with Gasteiger partial charge in [-0.3, -0.25) is 0 Å². The number of likely N-dealkylation sites (N-methyl/N-ethyl adjacent to an activating group) is 1. The second-order valence-electron chi connectivity index (χ2n) is 4.38. The lowest BCUT2D eigenvalue weighted by atomic mass is 9.85. The van der Waals surface area contributed by atoms with Crippen LogP contribution in [0.5, 0.6) is 0 Å². The van der Waals surface area contributed by atoms with E-state index in [0.717, 1.165) is 12.3 Å². The van der Waals surface area contributed by atoms with Gasteiger partial charge in [0.2, 0.25) is 0 Å². The van der Waals surface area contributed by atoms with Crippen LogP contribution in [0.1, 0.15) is 26.3 Å². The summed E-state index contributed by atoms with van der Waals surface area (Å²) >= 11 is 1.90. The summed E-state index contributed by atoms with van der Waals surface area (Å²) in [6, 6.07) is 8.88. The highest BCUT2D eigenvalue weighted by atomic mass is 32.2. The van der Waals surface area contributed by atoms with Gasteiger partial charge in [-0.25, -0.2) is 0 Å². The van der Waals surface area contributed by atoms with Crippen LogP contribution in [0.25, 0.3) is 0 Å². The van der Waals surface area contributed by atoms with Crippen LogP contribution in [0.15, 0.2) is 29.2 Å². The molecule has 1 nitrogen and oxygen atoms in total. The Hall–Kier alpha value is -0.470. The first-order valence-corrected chi connectivity index (χ1v) is 6.46. The van der Waals surface area contributed by atoms with Crippen LogP contribution >= 0.6 is 11.8 Å². The lowest BCUT2D eigenvalue weighted by molar-refractivity contribution is 0.493. The Kier molecular flexibility index (Phi) is 4.68. The van der Waals surface area contributed by atoms with E-state index >= 15 is 0 Å². The first-order chi connectivity index (χ1) is 7.10.